The number of nitrogens with one attached hydrogen (secondary N) is 2. The Bertz CT molecular complexity index is 930. The highest BCUT2D eigenvalue weighted by Crippen LogP contribution is 2.36. The van der Waals surface area contributed by atoms with Gasteiger partial charge in [0.05, 0.1) is 17.3 Å². The van der Waals surface area contributed by atoms with Crippen LogP contribution in [0.4, 0.5) is 5.69 Å². The fourth-order valence-corrected chi connectivity index (χ4v) is 4.77. The van der Waals surface area contributed by atoms with Crippen LogP contribution < -0.4 is 15.5 Å². The van der Waals surface area contributed by atoms with E-state index in [-0.39, 0.29) is 11.8 Å². The number of anilines is 1. The van der Waals surface area contributed by atoms with Crippen LogP contribution in [0.25, 0.3) is 0 Å². The SMILES string of the molecule is O=C(NCCN1CCC2(CC1)C(=O)NCN2c1ccccc1)c1ccc(Cl)cc1Cl. The molecule has 6 nitrogen and oxygen atoms in total. The van der Waals surface area contributed by atoms with Crippen molar-refractivity contribution in [2.24, 2.45) is 0 Å². The van der Waals surface area contributed by atoms with E-state index in [1.165, 1.54) is 0 Å². The third-order valence-corrected chi connectivity index (χ3v) is 6.53. The maximum atomic E-state index is 12.7. The fourth-order valence-electron chi connectivity index (χ4n) is 4.28. The molecule has 8 heteroatoms. The van der Waals surface area contributed by atoms with Gasteiger partial charge in [0.1, 0.15) is 5.54 Å². The summed E-state index contributed by atoms with van der Waals surface area (Å²) in [5.41, 5.74) is 0.994. The minimum absolute atomic E-state index is 0.108. The van der Waals surface area contributed by atoms with E-state index in [1.807, 2.05) is 30.3 Å². The minimum atomic E-state index is -0.488. The second-order valence-corrected chi connectivity index (χ2v) is 8.52. The number of amides is 2. The molecule has 2 heterocycles. The number of halogens is 2. The maximum Gasteiger partial charge on any atom is 0.252 e. The van der Waals surface area contributed by atoms with E-state index in [0.717, 1.165) is 38.2 Å². The van der Waals surface area contributed by atoms with Crippen LogP contribution >= 0.6 is 23.2 Å². The van der Waals surface area contributed by atoms with Gasteiger partial charge in [-0.2, -0.15) is 0 Å². The molecule has 2 aromatic carbocycles. The van der Waals surface area contributed by atoms with Crippen molar-refractivity contribution in [1.82, 2.24) is 15.5 Å². The molecule has 2 saturated heterocycles. The smallest absolute Gasteiger partial charge is 0.252 e. The number of hydrogen-bond donors (Lipinski definition) is 2. The monoisotopic (exact) mass is 446 g/mol. The highest BCUT2D eigenvalue weighted by molar-refractivity contribution is 6.36. The van der Waals surface area contributed by atoms with Crippen molar-refractivity contribution in [2.75, 3.05) is 37.7 Å². The Labute approximate surface area is 186 Å². The van der Waals surface area contributed by atoms with Gasteiger partial charge in [0, 0.05) is 36.9 Å². The zero-order valence-electron chi connectivity index (χ0n) is 16.5. The molecule has 0 radical (unpaired) electrons. The number of para-hydroxylation sites is 1. The largest absolute Gasteiger partial charge is 0.351 e. The number of hydrogen-bond acceptors (Lipinski definition) is 4. The van der Waals surface area contributed by atoms with E-state index < -0.39 is 5.54 Å². The molecule has 2 aromatic rings. The van der Waals surface area contributed by atoms with Crippen molar-refractivity contribution in [3.05, 3.63) is 64.1 Å². The average molecular weight is 447 g/mol. The molecule has 30 heavy (non-hydrogen) atoms. The number of piperidine rings is 1. The predicted molar refractivity (Wildman–Crippen MR) is 119 cm³/mol. The highest BCUT2D eigenvalue weighted by Gasteiger charge is 2.50. The average Bonchev–Trinajstić information content (AvgIpc) is 3.06. The van der Waals surface area contributed by atoms with Gasteiger partial charge in [-0.15, -0.1) is 0 Å². The molecule has 0 atom stereocenters. The van der Waals surface area contributed by atoms with Crippen LogP contribution in [-0.4, -0.2) is 55.1 Å². The summed E-state index contributed by atoms with van der Waals surface area (Å²) in [6, 6.07) is 14.9. The van der Waals surface area contributed by atoms with Gasteiger partial charge in [-0.1, -0.05) is 41.4 Å². The minimum Gasteiger partial charge on any atom is -0.351 e. The Kier molecular flexibility index (Phi) is 6.18. The van der Waals surface area contributed by atoms with Crippen LogP contribution in [0.5, 0.6) is 0 Å². The summed E-state index contributed by atoms with van der Waals surface area (Å²) < 4.78 is 0. The van der Waals surface area contributed by atoms with Gasteiger partial charge >= 0.3 is 0 Å². The molecule has 0 bridgehead atoms. The number of carbonyl (C=O) groups is 2. The molecule has 1 spiro atoms. The van der Waals surface area contributed by atoms with Crippen molar-refractivity contribution in [3.8, 4) is 0 Å². The Morgan fingerprint density at radius 2 is 1.83 bits per heavy atom. The standard InChI is InChI=1S/C22H24Cl2N4O2/c23-16-6-7-18(19(24)14-16)20(29)25-10-13-27-11-8-22(9-12-27)21(30)26-15-28(22)17-4-2-1-3-5-17/h1-7,14H,8-13,15H2,(H,25,29)(H,26,30). The lowest BCUT2D eigenvalue weighted by molar-refractivity contribution is -0.125. The first-order valence-electron chi connectivity index (χ1n) is 10.1. The highest BCUT2D eigenvalue weighted by atomic mass is 35.5. The number of carbonyl (C=O) groups excluding carboxylic acids is 2. The normalized spacial score (nSPS) is 18.5. The fraction of sp³-hybridized carbons (Fsp3) is 0.364. The zero-order valence-corrected chi connectivity index (χ0v) is 18.0. The lowest BCUT2D eigenvalue weighted by Gasteiger charge is -2.43. The van der Waals surface area contributed by atoms with Crippen LogP contribution in [0.3, 0.4) is 0 Å². The maximum absolute atomic E-state index is 12.7. The Morgan fingerprint density at radius 1 is 1.10 bits per heavy atom. The molecule has 2 fully saturated rings. The molecule has 158 valence electrons. The summed E-state index contributed by atoms with van der Waals surface area (Å²) in [5.74, 6) is -0.104. The van der Waals surface area contributed by atoms with Crippen LogP contribution in [0, 0.1) is 0 Å². The quantitative estimate of drug-likeness (QED) is 0.740. The van der Waals surface area contributed by atoms with E-state index in [1.54, 1.807) is 18.2 Å². The molecule has 4 rings (SSSR count). The molecule has 2 N–H and O–H groups in total. The lowest BCUT2D eigenvalue weighted by Crippen LogP contribution is -2.57. The first-order valence-corrected chi connectivity index (χ1v) is 10.8. The topological polar surface area (TPSA) is 64.7 Å². The summed E-state index contributed by atoms with van der Waals surface area (Å²) in [5, 5.41) is 6.77. The van der Waals surface area contributed by atoms with Crippen LogP contribution in [-0.2, 0) is 4.79 Å². The summed E-state index contributed by atoms with van der Waals surface area (Å²) in [4.78, 5) is 29.5. The Balaban J connectivity index is 1.31. The first kappa shape index (κ1) is 21.0. The number of rotatable bonds is 5. The van der Waals surface area contributed by atoms with E-state index in [4.69, 9.17) is 23.2 Å². The number of benzene rings is 2. The molecule has 0 unspecified atom stereocenters. The van der Waals surface area contributed by atoms with Crippen molar-refractivity contribution in [3.63, 3.8) is 0 Å². The van der Waals surface area contributed by atoms with E-state index in [2.05, 4.69) is 20.4 Å². The van der Waals surface area contributed by atoms with Gasteiger partial charge in [0.15, 0.2) is 0 Å². The summed E-state index contributed by atoms with van der Waals surface area (Å²) in [7, 11) is 0. The predicted octanol–water partition coefficient (Wildman–Crippen LogP) is 3.15. The van der Waals surface area contributed by atoms with Crippen molar-refractivity contribution < 1.29 is 9.59 Å². The van der Waals surface area contributed by atoms with Crippen molar-refractivity contribution in [1.29, 1.82) is 0 Å². The van der Waals surface area contributed by atoms with E-state index >= 15 is 0 Å². The van der Waals surface area contributed by atoms with E-state index in [0.29, 0.717) is 28.8 Å². The molecule has 0 aromatic heterocycles. The molecular formula is C22H24Cl2N4O2. The first-order chi connectivity index (χ1) is 14.5. The molecule has 2 aliphatic heterocycles. The molecule has 2 aliphatic rings. The van der Waals surface area contributed by atoms with Gasteiger partial charge < -0.3 is 20.4 Å². The van der Waals surface area contributed by atoms with Crippen LogP contribution in [0.2, 0.25) is 10.0 Å². The lowest BCUT2D eigenvalue weighted by atomic mass is 9.85. The number of nitrogens with zero attached hydrogens (tertiary/aromatic N) is 2. The summed E-state index contributed by atoms with van der Waals surface area (Å²) in [6.07, 6.45) is 1.51. The van der Waals surface area contributed by atoms with Crippen molar-refractivity contribution in [2.45, 2.75) is 18.4 Å². The van der Waals surface area contributed by atoms with Crippen LogP contribution in [0.1, 0.15) is 23.2 Å². The third-order valence-electron chi connectivity index (χ3n) is 5.98. The Morgan fingerprint density at radius 3 is 2.53 bits per heavy atom. The third kappa shape index (κ3) is 4.13. The number of likely N-dealkylation sites (tertiary alicyclic amines) is 1. The second-order valence-electron chi connectivity index (χ2n) is 7.68. The van der Waals surface area contributed by atoms with Gasteiger partial charge in [-0.05, 0) is 43.2 Å². The van der Waals surface area contributed by atoms with E-state index in [9.17, 15) is 9.59 Å². The van der Waals surface area contributed by atoms with Gasteiger partial charge in [0.2, 0.25) is 5.91 Å². The van der Waals surface area contributed by atoms with Crippen LogP contribution in [0.15, 0.2) is 48.5 Å². The molecule has 0 aliphatic carbocycles. The van der Waals surface area contributed by atoms with Gasteiger partial charge in [0.25, 0.3) is 5.91 Å². The van der Waals surface area contributed by atoms with Gasteiger partial charge in [-0.25, -0.2) is 0 Å². The van der Waals surface area contributed by atoms with Crippen molar-refractivity contribution >= 4 is 40.7 Å². The second kappa shape index (κ2) is 8.84. The van der Waals surface area contributed by atoms with Gasteiger partial charge in [-0.3, -0.25) is 9.59 Å². The molecular weight excluding hydrogens is 423 g/mol. The molecule has 0 saturated carbocycles. The zero-order chi connectivity index (χ0) is 21.1. The summed E-state index contributed by atoms with van der Waals surface area (Å²) in [6.45, 7) is 3.38. The summed E-state index contributed by atoms with van der Waals surface area (Å²) >= 11 is 12.0. The molecule has 2 amide bonds. The Hall–Kier alpha value is -2.28.